The summed E-state index contributed by atoms with van der Waals surface area (Å²) < 4.78 is 0. The molecule has 0 saturated heterocycles. The van der Waals surface area contributed by atoms with Crippen LogP contribution in [0.25, 0.3) is 0 Å². The molecule has 1 aliphatic heterocycles. The summed E-state index contributed by atoms with van der Waals surface area (Å²) in [6.07, 6.45) is 1.04. The summed E-state index contributed by atoms with van der Waals surface area (Å²) in [6, 6.07) is 5.90. The molecule has 19 heavy (non-hydrogen) atoms. The standard InChI is InChI=1S/C14H15N3OS/c1-17(7-12-8-19-9-16-12)14(18)11-3-2-10-4-5-15-13(10)6-11/h2-3,6,8-9,15H,4-5,7H2,1H3. The van der Waals surface area contributed by atoms with Crippen LogP contribution in [0.2, 0.25) is 0 Å². The third-order valence-corrected chi connectivity index (χ3v) is 3.93. The highest BCUT2D eigenvalue weighted by atomic mass is 32.1. The largest absolute Gasteiger partial charge is 0.384 e. The summed E-state index contributed by atoms with van der Waals surface area (Å²) >= 11 is 1.55. The number of fused-ring (bicyclic) bond motifs is 1. The molecular weight excluding hydrogens is 258 g/mol. The molecule has 0 bridgehead atoms. The lowest BCUT2D eigenvalue weighted by Crippen LogP contribution is -2.26. The lowest BCUT2D eigenvalue weighted by atomic mass is 10.1. The Balaban J connectivity index is 1.76. The van der Waals surface area contributed by atoms with Crippen molar-refractivity contribution in [1.82, 2.24) is 9.88 Å². The molecule has 1 aromatic carbocycles. The molecule has 0 unspecified atom stereocenters. The van der Waals surface area contributed by atoms with Gasteiger partial charge >= 0.3 is 0 Å². The summed E-state index contributed by atoms with van der Waals surface area (Å²) in [6.45, 7) is 1.51. The van der Waals surface area contributed by atoms with Crippen LogP contribution in [-0.2, 0) is 13.0 Å². The predicted octanol–water partition coefficient (Wildman–Crippen LogP) is 2.38. The fourth-order valence-electron chi connectivity index (χ4n) is 2.27. The Bertz CT molecular complexity index is 595. The zero-order valence-electron chi connectivity index (χ0n) is 10.7. The number of amides is 1. The zero-order chi connectivity index (χ0) is 13.2. The molecule has 0 aliphatic carbocycles. The van der Waals surface area contributed by atoms with Gasteiger partial charge in [0.15, 0.2) is 0 Å². The van der Waals surface area contributed by atoms with Crippen LogP contribution >= 0.6 is 11.3 Å². The summed E-state index contributed by atoms with van der Waals surface area (Å²) in [7, 11) is 1.81. The molecule has 0 saturated carbocycles. The Morgan fingerprint density at radius 2 is 2.42 bits per heavy atom. The number of anilines is 1. The van der Waals surface area contributed by atoms with Crippen LogP contribution in [0.15, 0.2) is 29.1 Å². The van der Waals surface area contributed by atoms with Gasteiger partial charge in [0.05, 0.1) is 17.7 Å². The van der Waals surface area contributed by atoms with E-state index in [4.69, 9.17) is 0 Å². The maximum Gasteiger partial charge on any atom is 0.254 e. The normalized spacial score (nSPS) is 12.9. The number of aromatic nitrogens is 1. The molecule has 0 fully saturated rings. The Morgan fingerprint density at radius 1 is 1.53 bits per heavy atom. The highest BCUT2D eigenvalue weighted by molar-refractivity contribution is 7.07. The fraction of sp³-hybridized carbons (Fsp3) is 0.286. The van der Waals surface area contributed by atoms with Crippen LogP contribution in [0.1, 0.15) is 21.6 Å². The number of hydrogen-bond acceptors (Lipinski definition) is 4. The molecule has 1 aromatic heterocycles. The molecule has 1 amide bonds. The van der Waals surface area contributed by atoms with Crippen molar-refractivity contribution in [3.05, 3.63) is 45.9 Å². The third-order valence-electron chi connectivity index (χ3n) is 3.30. The molecule has 5 heteroatoms. The predicted molar refractivity (Wildman–Crippen MR) is 76.5 cm³/mol. The van der Waals surface area contributed by atoms with Crippen molar-refractivity contribution in [3.63, 3.8) is 0 Å². The van der Waals surface area contributed by atoms with Gasteiger partial charge in [0.1, 0.15) is 0 Å². The second-order valence-electron chi connectivity index (χ2n) is 4.69. The van der Waals surface area contributed by atoms with Gasteiger partial charge in [-0.2, -0.15) is 0 Å². The van der Waals surface area contributed by atoms with Gasteiger partial charge < -0.3 is 10.2 Å². The van der Waals surface area contributed by atoms with Gasteiger partial charge in [-0.3, -0.25) is 4.79 Å². The highest BCUT2D eigenvalue weighted by Crippen LogP contribution is 2.23. The number of thiazole rings is 1. The van der Waals surface area contributed by atoms with Crippen LogP contribution in [0, 0.1) is 0 Å². The van der Waals surface area contributed by atoms with Crippen LogP contribution in [-0.4, -0.2) is 29.4 Å². The summed E-state index contributed by atoms with van der Waals surface area (Å²) in [5, 5.41) is 5.26. The van der Waals surface area contributed by atoms with E-state index in [1.807, 2.05) is 30.6 Å². The first kappa shape index (κ1) is 12.2. The molecule has 1 N–H and O–H groups in total. The summed E-state index contributed by atoms with van der Waals surface area (Å²) in [4.78, 5) is 18.2. The van der Waals surface area contributed by atoms with Gasteiger partial charge in [-0.1, -0.05) is 6.07 Å². The Labute approximate surface area is 116 Å². The molecule has 0 spiro atoms. The van der Waals surface area contributed by atoms with Gasteiger partial charge in [0, 0.05) is 30.2 Å². The number of hydrogen-bond donors (Lipinski definition) is 1. The average Bonchev–Trinajstić information content (AvgIpc) is 3.07. The van der Waals surface area contributed by atoms with E-state index < -0.39 is 0 Å². The Hall–Kier alpha value is -1.88. The van der Waals surface area contributed by atoms with E-state index in [-0.39, 0.29) is 5.91 Å². The quantitative estimate of drug-likeness (QED) is 0.934. The van der Waals surface area contributed by atoms with Crippen LogP contribution in [0.3, 0.4) is 0 Å². The van der Waals surface area contributed by atoms with Gasteiger partial charge in [0.2, 0.25) is 0 Å². The average molecular weight is 273 g/mol. The van der Waals surface area contributed by atoms with E-state index in [0.717, 1.165) is 29.9 Å². The highest BCUT2D eigenvalue weighted by Gasteiger charge is 2.16. The van der Waals surface area contributed by atoms with Crippen molar-refractivity contribution in [2.45, 2.75) is 13.0 Å². The SMILES string of the molecule is CN(Cc1cscn1)C(=O)c1ccc2c(c1)NCC2. The number of carbonyl (C=O) groups is 1. The number of rotatable bonds is 3. The van der Waals surface area contributed by atoms with Crippen LogP contribution < -0.4 is 5.32 Å². The molecule has 2 aromatic rings. The molecule has 0 radical (unpaired) electrons. The molecule has 4 nitrogen and oxygen atoms in total. The summed E-state index contributed by atoms with van der Waals surface area (Å²) in [5.41, 5.74) is 5.82. The first-order valence-electron chi connectivity index (χ1n) is 6.23. The fourth-order valence-corrected chi connectivity index (χ4v) is 2.82. The lowest BCUT2D eigenvalue weighted by Gasteiger charge is -2.16. The van der Waals surface area contributed by atoms with E-state index in [9.17, 15) is 4.79 Å². The minimum Gasteiger partial charge on any atom is -0.384 e. The van der Waals surface area contributed by atoms with Gasteiger partial charge in [-0.25, -0.2) is 4.98 Å². The van der Waals surface area contributed by atoms with E-state index in [2.05, 4.69) is 10.3 Å². The van der Waals surface area contributed by atoms with Crippen LogP contribution in [0.5, 0.6) is 0 Å². The lowest BCUT2D eigenvalue weighted by molar-refractivity contribution is 0.0783. The maximum absolute atomic E-state index is 12.3. The first-order chi connectivity index (χ1) is 9.24. The summed E-state index contributed by atoms with van der Waals surface area (Å²) in [5.74, 6) is 0.0319. The molecule has 1 aliphatic rings. The van der Waals surface area contributed by atoms with Crippen molar-refractivity contribution in [1.29, 1.82) is 0 Å². The van der Waals surface area contributed by atoms with E-state index >= 15 is 0 Å². The third kappa shape index (κ3) is 2.46. The number of nitrogens with one attached hydrogen (secondary N) is 1. The van der Waals surface area contributed by atoms with Gasteiger partial charge in [-0.05, 0) is 24.1 Å². The van der Waals surface area contributed by atoms with Gasteiger partial charge in [0.25, 0.3) is 5.91 Å². The second-order valence-corrected chi connectivity index (χ2v) is 5.41. The Morgan fingerprint density at radius 3 is 3.21 bits per heavy atom. The smallest absolute Gasteiger partial charge is 0.254 e. The van der Waals surface area contributed by atoms with E-state index in [0.29, 0.717) is 6.54 Å². The van der Waals surface area contributed by atoms with Crippen molar-refractivity contribution >= 4 is 22.9 Å². The monoisotopic (exact) mass is 273 g/mol. The molecular formula is C14H15N3OS. The molecule has 2 heterocycles. The van der Waals surface area contributed by atoms with Crippen molar-refractivity contribution in [2.24, 2.45) is 0 Å². The van der Waals surface area contributed by atoms with Crippen molar-refractivity contribution in [3.8, 4) is 0 Å². The first-order valence-corrected chi connectivity index (χ1v) is 7.17. The minimum atomic E-state index is 0.0319. The van der Waals surface area contributed by atoms with Crippen LogP contribution in [0.4, 0.5) is 5.69 Å². The molecule has 98 valence electrons. The van der Waals surface area contributed by atoms with E-state index in [1.165, 1.54) is 5.56 Å². The van der Waals surface area contributed by atoms with Crippen molar-refractivity contribution in [2.75, 3.05) is 18.9 Å². The topological polar surface area (TPSA) is 45.2 Å². The second kappa shape index (κ2) is 5.01. The zero-order valence-corrected chi connectivity index (χ0v) is 11.5. The van der Waals surface area contributed by atoms with E-state index in [1.54, 1.807) is 21.7 Å². The maximum atomic E-state index is 12.3. The molecule has 3 rings (SSSR count). The number of nitrogens with zero attached hydrogens (tertiary/aromatic N) is 2. The van der Waals surface area contributed by atoms with Gasteiger partial charge in [-0.15, -0.1) is 11.3 Å². The minimum absolute atomic E-state index is 0.0319. The van der Waals surface area contributed by atoms with Crippen molar-refractivity contribution < 1.29 is 4.79 Å². The number of carbonyl (C=O) groups excluding carboxylic acids is 1. The number of benzene rings is 1. The molecule has 0 atom stereocenters. The Kier molecular flexibility index (Phi) is 3.21.